The molecule has 0 fully saturated rings. The number of alkyl halides is 3. The number of amides is 1. The van der Waals surface area contributed by atoms with E-state index in [-0.39, 0.29) is 43.3 Å². The minimum absolute atomic E-state index is 0.0771. The third kappa shape index (κ3) is 7.17. The number of anilines is 1. The molecular formula is C20H19BrF3NO4. The molecule has 0 aromatic heterocycles. The average molecular weight is 474 g/mol. The summed E-state index contributed by atoms with van der Waals surface area (Å²) in [4.78, 5) is 24.4. The molecule has 2 aromatic carbocycles. The molecule has 0 aliphatic rings. The van der Waals surface area contributed by atoms with Crippen molar-refractivity contribution in [3.05, 3.63) is 58.1 Å². The van der Waals surface area contributed by atoms with E-state index in [4.69, 9.17) is 9.47 Å². The van der Waals surface area contributed by atoms with E-state index in [0.29, 0.717) is 5.56 Å². The first-order valence-electron chi connectivity index (χ1n) is 8.62. The molecule has 9 heteroatoms. The number of ketones is 1. The summed E-state index contributed by atoms with van der Waals surface area (Å²) in [5, 5.41) is 2.40. The van der Waals surface area contributed by atoms with Crippen LogP contribution in [-0.2, 0) is 15.7 Å². The van der Waals surface area contributed by atoms with Crippen LogP contribution >= 0.6 is 15.9 Å². The third-order valence-corrected chi connectivity index (χ3v) is 4.40. The molecule has 5 nitrogen and oxygen atoms in total. The van der Waals surface area contributed by atoms with Gasteiger partial charge in [0.1, 0.15) is 12.4 Å². The van der Waals surface area contributed by atoms with Crippen molar-refractivity contribution in [2.24, 2.45) is 0 Å². The molecule has 0 aliphatic carbocycles. The van der Waals surface area contributed by atoms with Gasteiger partial charge in [0.25, 0.3) is 0 Å². The molecule has 0 unspecified atom stereocenters. The van der Waals surface area contributed by atoms with Crippen molar-refractivity contribution in [2.45, 2.75) is 19.0 Å². The second-order valence-corrected chi connectivity index (χ2v) is 6.94. The van der Waals surface area contributed by atoms with Gasteiger partial charge in [-0.05, 0) is 30.3 Å². The van der Waals surface area contributed by atoms with E-state index in [1.165, 1.54) is 7.11 Å². The normalized spacial score (nSPS) is 11.2. The van der Waals surface area contributed by atoms with Crippen LogP contribution in [0.2, 0.25) is 0 Å². The largest absolute Gasteiger partial charge is 0.489 e. The van der Waals surface area contributed by atoms with Crippen LogP contribution in [0, 0.1) is 0 Å². The van der Waals surface area contributed by atoms with E-state index in [0.717, 1.165) is 22.7 Å². The molecule has 1 amide bonds. The maximum Gasteiger partial charge on any atom is 0.416 e. The number of benzene rings is 2. The highest BCUT2D eigenvalue weighted by Crippen LogP contribution is 2.35. The predicted octanol–water partition coefficient (Wildman–Crippen LogP) is 5.09. The highest BCUT2D eigenvalue weighted by atomic mass is 79.9. The molecule has 0 spiro atoms. The Morgan fingerprint density at radius 3 is 2.34 bits per heavy atom. The Hall–Kier alpha value is -2.39. The number of carbonyl (C=O) groups excluding carboxylic acids is 2. The van der Waals surface area contributed by atoms with Gasteiger partial charge in [-0.3, -0.25) is 9.59 Å². The molecule has 0 bridgehead atoms. The molecule has 0 heterocycles. The van der Waals surface area contributed by atoms with Gasteiger partial charge in [-0.1, -0.05) is 28.1 Å². The van der Waals surface area contributed by atoms with Crippen molar-refractivity contribution >= 4 is 33.3 Å². The first-order valence-corrected chi connectivity index (χ1v) is 9.41. The SMILES string of the molecule is COCCOc1ccc(C(F)(F)F)cc1NC(=O)CCC(=O)c1ccc(Br)cc1. The lowest BCUT2D eigenvalue weighted by Crippen LogP contribution is -2.16. The zero-order valence-corrected chi connectivity index (χ0v) is 17.1. The number of carbonyl (C=O) groups is 2. The summed E-state index contributed by atoms with van der Waals surface area (Å²) in [6.07, 6.45) is -4.82. The molecule has 0 radical (unpaired) electrons. The number of rotatable bonds is 9. The summed E-state index contributed by atoms with van der Waals surface area (Å²) in [5.74, 6) is -0.748. The van der Waals surface area contributed by atoms with Crippen LogP contribution in [-0.4, -0.2) is 32.0 Å². The molecule has 2 aromatic rings. The summed E-state index contributed by atoms with van der Waals surface area (Å²) in [7, 11) is 1.46. The monoisotopic (exact) mass is 473 g/mol. The standard InChI is InChI=1S/C20H19BrF3NO4/c1-28-10-11-29-18-8-4-14(20(22,23)24)12-16(18)25-19(27)9-7-17(26)13-2-5-15(21)6-3-13/h2-6,8,12H,7,9-11H2,1H3,(H,25,27). The number of nitrogens with one attached hydrogen (secondary N) is 1. The topological polar surface area (TPSA) is 64.6 Å². The van der Waals surface area contributed by atoms with E-state index in [2.05, 4.69) is 21.2 Å². The number of halogens is 4. The van der Waals surface area contributed by atoms with Crippen molar-refractivity contribution < 1.29 is 32.2 Å². The summed E-state index contributed by atoms with van der Waals surface area (Å²) in [5.41, 5.74) is -0.585. The van der Waals surface area contributed by atoms with Gasteiger partial charge in [0.2, 0.25) is 5.91 Å². The number of hydrogen-bond donors (Lipinski definition) is 1. The Bertz CT molecular complexity index is 854. The van der Waals surface area contributed by atoms with Gasteiger partial charge in [-0.25, -0.2) is 0 Å². The lowest BCUT2D eigenvalue weighted by molar-refractivity contribution is -0.137. The smallest absolute Gasteiger partial charge is 0.416 e. The molecular weight excluding hydrogens is 455 g/mol. The van der Waals surface area contributed by atoms with Gasteiger partial charge < -0.3 is 14.8 Å². The van der Waals surface area contributed by atoms with Crippen LogP contribution in [0.1, 0.15) is 28.8 Å². The lowest BCUT2D eigenvalue weighted by atomic mass is 10.1. The lowest BCUT2D eigenvalue weighted by Gasteiger charge is -2.15. The molecule has 156 valence electrons. The number of ether oxygens (including phenoxy) is 2. The van der Waals surface area contributed by atoms with E-state index in [9.17, 15) is 22.8 Å². The minimum Gasteiger partial charge on any atom is -0.489 e. The highest BCUT2D eigenvalue weighted by molar-refractivity contribution is 9.10. The number of Topliss-reactive ketones (excluding diaryl/α,β-unsaturated/α-hetero) is 1. The van der Waals surface area contributed by atoms with Crippen LogP contribution in [0.5, 0.6) is 5.75 Å². The molecule has 0 aliphatic heterocycles. The van der Waals surface area contributed by atoms with Gasteiger partial charge in [-0.15, -0.1) is 0 Å². The fourth-order valence-electron chi connectivity index (χ4n) is 2.38. The first-order chi connectivity index (χ1) is 13.7. The second-order valence-electron chi connectivity index (χ2n) is 6.03. The quantitative estimate of drug-likeness (QED) is 0.406. The summed E-state index contributed by atoms with van der Waals surface area (Å²) in [6.45, 7) is 0.336. The van der Waals surface area contributed by atoms with E-state index in [1.54, 1.807) is 24.3 Å². The fourth-order valence-corrected chi connectivity index (χ4v) is 2.65. The minimum atomic E-state index is -4.57. The van der Waals surface area contributed by atoms with Gasteiger partial charge >= 0.3 is 6.18 Å². The van der Waals surface area contributed by atoms with Crippen molar-refractivity contribution in [2.75, 3.05) is 25.6 Å². The molecule has 2 rings (SSSR count). The Morgan fingerprint density at radius 2 is 1.72 bits per heavy atom. The van der Waals surface area contributed by atoms with Crippen molar-refractivity contribution in [1.29, 1.82) is 0 Å². The third-order valence-electron chi connectivity index (χ3n) is 3.87. The average Bonchev–Trinajstić information content (AvgIpc) is 2.67. The summed E-state index contributed by atoms with van der Waals surface area (Å²) >= 11 is 3.27. The van der Waals surface area contributed by atoms with Crippen LogP contribution in [0.25, 0.3) is 0 Å². The predicted molar refractivity (Wildman–Crippen MR) is 105 cm³/mol. The Kier molecular flexibility index (Phi) is 8.21. The van der Waals surface area contributed by atoms with Crippen molar-refractivity contribution in [1.82, 2.24) is 0 Å². The maximum atomic E-state index is 13.0. The highest BCUT2D eigenvalue weighted by Gasteiger charge is 2.31. The fraction of sp³-hybridized carbons (Fsp3) is 0.300. The van der Waals surface area contributed by atoms with Gasteiger partial charge in [0.15, 0.2) is 5.78 Å². The zero-order valence-electron chi connectivity index (χ0n) is 15.5. The molecule has 0 saturated carbocycles. The Balaban J connectivity index is 2.06. The maximum absolute atomic E-state index is 13.0. The summed E-state index contributed by atoms with van der Waals surface area (Å²) < 4.78 is 50.0. The molecule has 0 atom stereocenters. The van der Waals surface area contributed by atoms with E-state index < -0.39 is 17.6 Å². The second kappa shape index (κ2) is 10.4. The molecule has 29 heavy (non-hydrogen) atoms. The Labute approximate surface area is 174 Å². The van der Waals surface area contributed by atoms with Crippen molar-refractivity contribution in [3.8, 4) is 5.75 Å². The zero-order chi connectivity index (χ0) is 21.4. The van der Waals surface area contributed by atoms with Crippen molar-refractivity contribution in [3.63, 3.8) is 0 Å². The van der Waals surface area contributed by atoms with E-state index >= 15 is 0 Å². The van der Waals surface area contributed by atoms with Crippen LogP contribution in [0.4, 0.5) is 18.9 Å². The van der Waals surface area contributed by atoms with Gasteiger partial charge in [0, 0.05) is 30.0 Å². The van der Waals surface area contributed by atoms with Crippen LogP contribution in [0.15, 0.2) is 46.9 Å². The number of methoxy groups -OCH3 is 1. The Morgan fingerprint density at radius 1 is 1.03 bits per heavy atom. The first kappa shape index (κ1) is 22.9. The van der Waals surface area contributed by atoms with Crippen LogP contribution in [0.3, 0.4) is 0 Å². The van der Waals surface area contributed by atoms with Gasteiger partial charge in [-0.2, -0.15) is 13.2 Å². The molecule has 1 N–H and O–H groups in total. The van der Waals surface area contributed by atoms with E-state index in [1.807, 2.05) is 0 Å². The van der Waals surface area contributed by atoms with Crippen LogP contribution < -0.4 is 10.1 Å². The molecule has 0 saturated heterocycles. The number of hydrogen-bond acceptors (Lipinski definition) is 4. The van der Waals surface area contributed by atoms with Gasteiger partial charge in [0.05, 0.1) is 17.9 Å². The summed E-state index contributed by atoms with van der Waals surface area (Å²) in [6, 6.07) is 9.48.